The van der Waals surface area contributed by atoms with Crippen LogP contribution in [0.2, 0.25) is 0 Å². The molecule has 1 saturated heterocycles. The lowest BCUT2D eigenvalue weighted by atomic mass is 9.81. The number of carboxylic acids is 1. The molecule has 136 valence electrons. The predicted octanol–water partition coefficient (Wildman–Crippen LogP) is 3.44. The van der Waals surface area contributed by atoms with Crippen LogP contribution in [0.15, 0.2) is 42.7 Å². The third kappa shape index (κ3) is 2.86. The van der Waals surface area contributed by atoms with E-state index in [1.165, 1.54) is 0 Å². The number of rotatable bonds is 5. The maximum atomic E-state index is 11.9. The van der Waals surface area contributed by atoms with Crippen molar-refractivity contribution < 1.29 is 14.6 Å². The lowest BCUT2D eigenvalue weighted by Crippen LogP contribution is -2.35. The summed E-state index contributed by atoms with van der Waals surface area (Å²) >= 11 is 0. The number of methoxy groups -OCH3 is 1. The van der Waals surface area contributed by atoms with Crippen molar-refractivity contribution in [1.29, 1.82) is 0 Å². The van der Waals surface area contributed by atoms with Crippen LogP contribution in [-0.4, -0.2) is 41.2 Å². The molecule has 2 fully saturated rings. The number of benzene rings is 1. The predicted molar refractivity (Wildman–Crippen MR) is 98.9 cm³/mol. The van der Waals surface area contributed by atoms with Crippen LogP contribution < -0.4 is 4.74 Å². The normalized spacial score (nSPS) is 25.2. The van der Waals surface area contributed by atoms with E-state index < -0.39 is 11.4 Å². The van der Waals surface area contributed by atoms with E-state index in [4.69, 9.17) is 4.74 Å². The average Bonchev–Trinajstić information content (AvgIpc) is 3.20. The number of carboxylic acid groups (broad SMARTS) is 1. The Kier molecular flexibility index (Phi) is 4.41. The van der Waals surface area contributed by atoms with E-state index in [9.17, 15) is 9.90 Å². The van der Waals surface area contributed by atoms with Gasteiger partial charge in [0.15, 0.2) is 0 Å². The monoisotopic (exact) mass is 352 g/mol. The van der Waals surface area contributed by atoms with Crippen LogP contribution in [0, 0.1) is 11.3 Å². The smallest absolute Gasteiger partial charge is 0.311 e. The van der Waals surface area contributed by atoms with Gasteiger partial charge in [-0.2, -0.15) is 0 Å². The second-order valence-corrected chi connectivity index (χ2v) is 7.48. The van der Waals surface area contributed by atoms with E-state index >= 15 is 0 Å². The molecular weight excluding hydrogens is 328 g/mol. The van der Waals surface area contributed by atoms with E-state index in [2.05, 4.69) is 22.0 Å². The number of hydrogen-bond acceptors (Lipinski definition) is 4. The first kappa shape index (κ1) is 17.0. The molecule has 5 nitrogen and oxygen atoms in total. The Morgan fingerprint density at radius 2 is 2.12 bits per heavy atom. The highest BCUT2D eigenvalue weighted by molar-refractivity contribution is 5.76. The fraction of sp³-hybridized carbons (Fsp3) is 0.429. The standard InChI is InChI=1S/C21H24N2O3/c1-26-19-5-4-16(15-6-9-22-10-7-15)11-17(19)12-23-13-18-3-2-8-21(18,14-23)20(24)25/h4-7,9-11,18H,2-3,8,12-14H2,1H3,(H,24,25)/t18-,21+/m0/s1. The Bertz CT molecular complexity index is 808. The number of carbonyl (C=O) groups is 1. The van der Waals surface area contributed by atoms with Gasteiger partial charge in [0.25, 0.3) is 0 Å². The zero-order valence-corrected chi connectivity index (χ0v) is 15.0. The van der Waals surface area contributed by atoms with Gasteiger partial charge in [0.2, 0.25) is 0 Å². The van der Waals surface area contributed by atoms with Gasteiger partial charge >= 0.3 is 5.97 Å². The molecule has 1 saturated carbocycles. The molecule has 2 heterocycles. The molecule has 5 heteroatoms. The quantitative estimate of drug-likeness (QED) is 0.893. The number of likely N-dealkylation sites (tertiary alicyclic amines) is 1. The van der Waals surface area contributed by atoms with E-state index in [-0.39, 0.29) is 5.92 Å². The molecular formula is C21H24N2O3. The zero-order chi connectivity index (χ0) is 18.1. The van der Waals surface area contributed by atoms with Crippen LogP contribution in [0.4, 0.5) is 0 Å². The third-order valence-corrected chi connectivity index (χ3v) is 6.06. The van der Waals surface area contributed by atoms with Crippen LogP contribution in [0.1, 0.15) is 24.8 Å². The molecule has 2 aromatic rings. The summed E-state index contributed by atoms with van der Waals surface area (Å²) in [6.07, 6.45) is 6.44. The van der Waals surface area contributed by atoms with Crippen molar-refractivity contribution in [2.45, 2.75) is 25.8 Å². The van der Waals surface area contributed by atoms with Gasteiger partial charge in [-0.25, -0.2) is 0 Å². The number of aliphatic carboxylic acids is 1. The molecule has 1 N–H and O–H groups in total. The van der Waals surface area contributed by atoms with Gasteiger partial charge in [-0.15, -0.1) is 0 Å². The van der Waals surface area contributed by atoms with Crippen LogP contribution in [-0.2, 0) is 11.3 Å². The number of nitrogens with zero attached hydrogens (tertiary/aromatic N) is 2. The highest BCUT2D eigenvalue weighted by Gasteiger charge is 2.54. The van der Waals surface area contributed by atoms with Crippen LogP contribution in [0.25, 0.3) is 11.1 Å². The van der Waals surface area contributed by atoms with Gasteiger partial charge in [-0.3, -0.25) is 14.7 Å². The minimum atomic E-state index is -0.625. The molecule has 1 aromatic carbocycles. The number of ether oxygens (including phenoxy) is 1. The number of fused-ring (bicyclic) bond motifs is 1. The first-order valence-electron chi connectivity index (χ1n) is 9.15. The van der Waals surface area contributed by atoms with Crippen LogP contribution >= 0.6 is 0 Å². The molecule has 26 heavy (non-hydrogen) atoms. The van der Waals surface area contributed by atoms with Crippen molar-refractivity contribution in [2.75, 3.05) is 20.2 Å². The molecule has 0 amide bonds. The fourth-order valence-electron chi connectivity index (χ4n) is 4.73. The van der Waals surface area contributed by atoms with Crippen LogP contribution in [0.5, 0.6) is 5.75 Å². The van der Waals surface area contributed by atoms with Crippen molar-refractivity contribution in [1.82, 2.24) is 9.88 Å². The molecule has 2 atom stereocenters. The Morgan fingerprint density at radius 3 is 2.81 bits per heavy atom. The highest BCUT2D eigenvalue weighted by atomic mass is 16.5. The SMILES string of the molecule is COc1ccc(-c2ccncc2)cc1CN1C[C@@H]2CCC[C@@]2(C(=O)O)C1. The highest BCUT2D eigenvalue weighted by Crippen LogP contribution is 2.49. The molecule has 0 radical (unpaired) electrons. The average molecular weight is 352 g/mol. The van der Waals surface area contributed by atoms with Gasteiger partial charge in [0.05, 0.1) is 12.5 Å². The van der Waals surface area contributed by atoms with E-state index in [0.717, 1.165) is 48.2 Å². The second kappa shape index (κ2) is 6.72. The summed E-state index contributed by atoms with van der Waals surface area (Å²) in [6.45, 7) is 2.21. The molecule has 0 unspecified atom stereocenters. The van der Waals surface area contributed by atoms with E-state index in [1.54, 1.807) is 19.5 Å². The summed E-state index contributed by atoms with van der Waals surface area (Å²) in [7, 11) is 1.68. The third-order valence-electron chi connectivity index (χ3n) is 6.06. The zero-order valence-electron chi connectivity index (χ0n) is 15.0. The molecule has 2 aliphatic rings. The molecule has 1 aromatic heterocycles. The largest absolute Gasteiger partial charge is 0.496 e. The van der Waals surface area contributed by atoms with Gasteiger partial charge in [-0.05, 0) is 54.2 Å². The lowest BCUT2D eigenvalue weighted by molar-refractivity contribution is -0.149. The molecule has 4 rings (SSSR count). The summed E-state index contributed by atoms with van der Waals surface area (Å²) in [5.74, 6) is 0.499. The number of aromatic nitrogens is 1. The maximum Gasteiger partial charge on any atom is 0.311 e. The Labute approximate surface area is 153 Å². The topological polar surface area (TPSA) is 62.7 Å². The minimum absolute atomic E-state index is 0.273. The summed E-state index contributed by atoms with van der Waals surface area (Å²) < 4.78 is 5.56. The van der Waals surface area contributed by atoms with Crippen molar-refractivity contribution in [2.24, 2.45) is 11.3 Å². The molecule has 0 spiro atoms. The first-order valence-corrected chi connectivity index (χ1v) is 9.15. The van der Waals surface area contributed by atoms with Crippen LogP contribution in [0.3, 0.4) is 0 Å². The van der Waals surface area contributed by atoms with Gasteiger partial charge in [-0.1, -0.05) is 12.5 Å². The first-order chi connectivity index (χ1) is 12.6. The van der Waals surface area contributed by atoms with Crippen molar-refractivity contribution in [3.63, 3.8) is 0 Å². The maximum absolute atomic E-state index is 11.9. The van der Waals surface area contributed by atoms with Crippen molar-refractivity contribution in [3.05, 3.63) is 48.3 Å². The van der Waals surface area contributed by atoms with Gasteiger partial charge < -0.3 is 9.84 Å². The summed E-state index contributed by atoms with van der Waals surface area (Å²) in [4.78, 5) is 18.3. The molecule has 1 aliphatic heterocycles. The van der Waals surface area contributed by atoms with Gasteiger partial charge in [0.1, 0.15) is 5.75 Å². The Balaban J connectivity index is 1.59. The van der Waals surface area contributed by atoms with E-state index in [0.29, 0.717) is 13.1 Å². The fourth-order valence-corrected chi connectivity index (χ4v) is 4.73. The number of hydrogen-bond donors (Lipinski definition) is 1. The summed E-state index contributed by atoms with van der Waals surface area (Å²) in [6, 6.07) is 10.2. The Morgan fingerprint density at radius 1 is 1.31 bits per heavy atom. The summed E-state index contributed by atoms with van der Waals surface area (Å²) in [5, 5.41) is 9.79. The van der Waals surface area contributed by atoms with E-state index in [1.807, 2.05) is 18.2 Å². The molecule has 1 aliphatic carbocycles. The lowest BCUT2D eigenvalue weighted by Gasteiger charge is -2.24. The molecule has 0 bridgehead atoms. The Hall–Kier alpha value is -2.40. The van der Waals surface area contributed by atoms with Crippen molar-refractivity contribution >= 4 is 5.97 Å². The van der Waals surface area contributed by atoms with Crippen molar-refractivity contribution in [3.8, 4) is 16.9 Å². The van der Waals surface area contributed by atoms with Gasteiger partial charge in [0, 0.05) is 37.6 Å². The summed E-state index contributed by atoms with van der Waals surface area (Å²) in [5.41, 5.74) is 2.79. The minimum Gasteiger partial charge on any atom is -0.496 e. The second-order valence-electron chi connectivity index (χ2n) is 7.48. The number of pyridine rings is 1.